The highest BCUT2D eigenvalue weighted by molar-refractivity contribution is 9.09. The lowest BCUT2D eigenvalue weighted by Gasteiger charge is -2.40. The van der Waals surface area contributed by atoms with Gasteiger partial charge in [-0.1, -0.05) is 53.5 Å². The van der Waals surface area contributed by atoms with Crippen molar-refractivity contribution in [1.82, 2.24) is 4.90 Å². The number of ether oxygens (including phenoxy) is 1. The number of rotatable bonds is 14. The van der Waals surface area contributed by atoms with Crippen LogP contribution in [0.1, 0.15) is 33.6 Å². The summed E-state index contributed by atoms with van der Waals surface area (Å²) in [7, 11) is 0. The first-order valence-corrected chi connectivity index (χ1v) is 18.3. The topological polar surface area (TPSA) is 90.4 Å². The Morgan fingerprint density at radius 2 is 1.66 bits per heavy atom. The van der Waals surface area contributed by atoms with Gasteiger partial charge in [0.15, 0.2) is 0 Å². The molecule has 1 N–H and O–H groups in total. The van der Waals surface area contributed by atoms with Gasteiger partial charge in [-0.25, -0.2) is 0 Å². The molecule has 3 aliphatic heterocycles. The quantitative estimate of drug-likeness (QED) is 0.179. The number of hydrogen-bond acceptors (Lipinski definition) is 6. The number of aliphatic hydroxyl groups excluding tert-OH is 1. The van der Waals surface area contributed by atoms with Gasteiger partial charge in [0, 0.05) is 39.6 Å². The van der Waals surface area contributed by atoms with E-state index in [9.17, 15) is 19.5 Å². The molecule has 2 bridgehead atoms. The molecule has 3 fully saturated rings. The summed E-state index contributed by atoms with van der Waals surface area (Å²) in [5.74, 6) is -1.29. The molecule has 7 atom stereocenters. The number of halogens is 2. The minimum Gasteiger partial charge on any atom is -0.494 e. The van der Waals surface area contributed by atoms with Crippen LogP contribution in [-0.4, -0.2) is 80.9 Å². The summed E-state index contributed by atoms with van der Waals surface area (Å²) >= 11 is 11.6. The van der Waals surface area contributed by atoms with Crippen molar-refractivity contribution in [2.24, 2.45) is 17.8 Å². The third kappa shape index (κ3) is 6.51. The average Bonchev–Trinajstić information content (AvgIpc) is 3.65. The summed E-state index contributed by atoms with van der Waals surface area (Å²) in [5, 5.41) is 11.0. The summed E-state index contributed by atoms with van der Waals surface area (Å²) in [6.07, 6.45) is 4.37. The molecule has 0 radical (unpaired) electrons. The van der Waals surface area contributed by atoms with Gasteiger partial charge in [-0.2, -0.15) is 0 Å². The summed E-state index contributed by atoms with van der Waals surface area (Å²) < 4.78 is 4.73. The highest BCUT2D eigenvalue weighted by Gasteiger charge is 2.76. The van der Waals surface area contributed by atoms with E-state index in [0.717, 1.165) is 0 Å². The van der Waals surface area contributed by atoms with Crippen LogP contribution in [0, 0.1) is 17.8 Å². The first-order valence-electron chi connectivity index (χ1n) is 16.1. The van der Waals surface area contributed by atoms with Gasteiger partial charge < -0.3 is 24.5 Å². The molecular formula is C36H43BrClN3O5S. The summed E-state index contributed by atoms with van der Waals surface area (Å²) in [5.41, 5.74) is 1.30. The largest absolute Gasteiger partial charge is 0.494 e. The lowest BCUT2D eigenvalue weighted by Crippen LogP contribution is -2.58. The number of amides is 3. The normalized spacial score (nSPS) is 26.7. The van der Waals surface area contributed by atoms with Crippen LogP contribution in [0.3, 0.4) is 0 Å². The van der Waals surface area contributed by atoms with E-state index in [1.54, 1.807) is 62.9 Å². The number of benzene rings is 2. The van der Waals surface area contributed by atoms with E-state index in [0.29, 0.717) is 41.6 Å². The fourth-order valence-corrected chi connectivity index (χ4v) is 11.3. The highest BCUT2D eigenvalue weighted by atomic mass is 79.9. The number of aliphatic hydroxyl groups is 1. The van der Waals surface area contributed by atoms with Crippen molar-refractivity contribution in [3.63, 3.8) is 0 Å². The van der Waals surface area contributed by atoms with Gasteiger partial charge in [0.05, 0.1) is 35.8 Å². The molecule has 8 nitrogen and oxygen atoms in total. The highest BCUT2D eigenvalue weighted by Crippen LogP contribution is 2.68. The maximum Gasteiger partial charge on any atom is 0.251 e. The minimum atomic E-state index is -0.905. The van der Waals surface area contributed by atoms with Crippen molar-refractivity contribution < 1.29 is 24.2 Å². The Labute approximate surface area is 295 Å². The Morgan fingerprint density at radius 1 is 1.09 bits per heavy atom. The molecule has 1 spiro atoms. The van der Waals surface area contributed by atoms with Crippen molar-refractivity contribution in [2.75, 3.05) is 36.1 Å². The number of carbonyl (C=O) groups excluding carboxylic acids is 3. The van der Waals surface area contributed by atoms with Crippen molar-refractivity contribution in [2.45, 2.75) is 60.5 Å². The van der Waals surface area contributed by atoms with Crippen LogP contribution in [0.15, 0.2) is 73.8 Å². The van der Waals surface area contributed by atoms with Crippen molar-refractivity contribution in [3.8, 4) is 5.75 Å². The van der Waals surface area contributed by atoms with Gasteiger partial charge in [0.2, 0.25) is 11.8 Å². The molecule has 0 aromatic heterocycles. The molecule has 0 aliphatic carbocycles. The predicted molar refractivity (Wildman–Crippen MR) is 194 cm³/mol. The number of hydrogen-bond donors (Lipinski definition) is 1. The Kier molecular flexibility index (Phi) is 11.2. The molecule has 3 unspecified atom stereocenters. The van der Waals surface area contributed by atoms with Crippen molar-refractivity contribution in [3.05, 3.63) is 78.9 Å². The molecule has 3 saturated heterocycles. The first-order chi connectivity index (χ1) is 22.5. The van der Waals surface area contributed by atoms with E-state index in [1.165, 1.54) is 0 Å². The second-order valence-corrected chi connectivity index (χ2v) is 15.9. The monoisotopic (exact) mass is 743 g/mol. The van der Waals surface area contributed by atoms with E-state index < -0.39 is 28.7 Å². The first kappa shape index (κ1) is 35.5. The SMILES string of the molecule is C=CCN(C(=O)C1N([C@@H](CO)CC(C)C)C(=O)[C@@H]2[C@@H](C(=O)N(CC=C)c3ccc(OCC)cc3)[C@@H]3SC12CC3Br)c1ccc(Cl)cc1. The second kappa shape index (κ2) is 14.8. The number of fused-ring (bicyclic) bond motifs is 1. The lowest BCUT2D eigenvalue weighted by molar-refractivity contribution is -0.142. The fraction of sp³-hybridized carbons (Fsp3) is 0.472. The molecule has 47 heavy (non-hydrogen) atoms. The van der Waals surface area contributed by atoms with Gasteiger partial charge in [-0.05, 0) is 74.2 Å². The van der Waals surface area contributed by atoms with E-state index >= 15 is 0 Å². The molecule has 5 rings (SSSR count). The number of thioether (sulfide) groups is 1. The maximum atomic E-state index is 15.0. The summed E-state index contributed by atoms with van der Waals surface area (Å²) in [6.45, 7) is 14.5. The molecule has 3 heterocycles. The molecule has 0 saturated carbocycles. The van der Waals surface area contributed by atoms with Crippen LogP contribution in [0.2, 0.25) is 5.02 Å². The van der Waals surface area contributed by atoms with Crippen LogP contribution in [0.5, 0.6) is 5.75 Å². The van der Waals surface area contributed by atoms with Crippen LogP contribution < -0.4 is 14.5 Å². The van der Waals surface area contributed by atoms with Crippen molar-refractivity contribution in [1.29, 1.82) is 0 Å². The minimum absolute atomic E-state index is 0.104. The Balaban J connectivity index is 1.60. The number of anilines is 2. The number of likely N-dealkylation sites (tertiary alicyclic amines) is 1. The van der Waals surface area contributed by atoms with E-state index in [2.05, 4.69) is 29.1 Å². The average molecular weight is 745 g/mol. The van der Waals surface area contributed by atoms with E-state index in [4.69, 9.17) is 16.3 Å². The number of alkyl halides is 1. The van der Waals surface area contributed by atoms with Crippen molar-refractivity contribution >= 4 is 68.4 Å². The summed E-state index contributed by atoms with van der Waals surface area (Å²) in [4.78, 5) is 49.4. The van der Waals surface area contributed by atoms with E-state index in [1.807, 2.05) is 45.0 Å². The Bertz CT molecular complexity index is 1490. The second-order valence-electron chi connectivity index (χ2n) is 12.8. The van der Waals surface area contributed by atoms with E-state index in [-0.39, 0.29) is 53.4 Å². The van der Waals surface area contributed by atoms with Gasteiger partial charge >= 0.3 is 0 Å². The van der Waals surface area contributed by atoms with Crippen LogP contribution in [0.25, 0.3) is 0 Å². The summed E-state index contributed by atoms with van der Waals surface area (Å²) in [6, 6.07) is 12.8. The Morgan fingerprint density at radius 3 is 2.19 bits per heavy atom. The molecule has 252 valence electrons. The third-order valence-electron chi connectivity index (χ3n) is 9.35. The smallest absolute Gasteiger partial charge is 0.251 e. The lowest BCUT2D eigenvalue weighted by atomic mass is 9.70. The molecular weight excluding hydrogens is 702 g/mol. The van der Waals surface area contributed by atoms with Crippen LogP contribution in [0.4, 0.5) is 11.4 Å². The number of nitrogens with zero attached hydrogens (tertiary/aromatic N) is 3. The van der Waals surface area contributed by atoms with Gasteiger partial charge in [-0.15, -0.1) is 24.9 Å². The fourth-order valence-electron chi connectivity index (χ4n) is 7.58. The van der Waals surface area contributed by atoms with Gasteiger partial charge in [-0.3, -0.25) is 14.4 Å². The Hall–Kier alpha value is -2.79. The zero-order chi connectivity index (χ0) is 34.0. The predicted octanol–water partition coefficient (Wildman–Crippen LogP) is 6.35. The standard InChI is InChI=1S/C36H43BrClN3O5S/c1-6-17-39(25-13-15-27(16-14-25)46-8-3)33(43)29-30-34(44)41(26(21-42)19-22(4)5)32(36(30)20-28(37)31(29)47-36)35(45)40(18-7-2)24-11-9-23(38)10-12-24/h6-7,9-16,22,26,28-32,42H,1-2,8,17-21H2,3-5H3/t26-,28?,29-,30+,31-,32?,36?/m1/s1. The maximum absolute atomic E-state index is 15.0. The number of carbonyl (C=O) groups is 3. The molecule has 3 amide bonds. The molecule has 2 aromatic carbocycles. The van der Waals surface area contributed by atoms with Crippen LogP contribution >= 0.6 is 39.3 Å². The molecule has 3 aliphatic rings. The third-order valence-corrected chi connectivity index (χ3v) is 12.8. The van der Waals surface area contributed by atoms with Gasteiger partial charge in [0.25, 0.3) is 5.91 Å². The molecule has 11 heteroatoms. The van der Waals surface area contributed by atoms with Gasteiger partial charge in [0.1, 0.15) is 11.8 Å². The van der Waals surface area contributed by atoms with Crippen LogP contribution in [-0.2, 0) is 14.4 Å². The zero-order valence-electron chi connectivity index (χ0n) is 27.1. The zero-order valence-corrected chi connectivity index (χ0v) is 30.2. The molecule has 2 aromatic rings.